The predicted octanol–water partition coefficient (Wildman–Crippen LogP) is -0.111. The van der Waals surface area contributed by atoms with Crippen molar-refractivity contribution in [3.8, 4) is 5.75 Å². The fourth-order valence-electron chi connectivity index (χ4n) is 3.98. The average Bonchev–Trinajstić information content (AvgIpc) is 3.27. The van der Waals surface area contributed by atoms with E-state index in [1.807, 2.05) is 12.2 Å². The molecule has 3 aliphatic rings. The Morgan fingerprint density at radius 3 is 2.81 bits per heavy atom. The summed E-state index contributed by atoms with van der Waals surface area (Å²) in [5, 5.41) is 6.63. The second-order valence-electron chi connectivity index (χ2n) is 7.66. The number of sulfonamides is 1. The highest BCUT2D eigenvalue weighted by molar-refractivity contribution is 7.89. The molecule has 3 heterocycles. The van der Waals surface area contributed by atoms with Crippen LogP contribution >= 0.6 is 0 Å². The Morgan fingerprint density at radius 1 is 1.31 bits per heavy atom. The van der Waals surface area contributed by atoms with Crippen molar-refractivity contribution in [1.82, 2.24) is 14.9 Å². The second kappa shape index (κ2) is 9.20. The molecule has 0 amide bonds. The standard InChI is InChI=1S/C21H29N5O5S/c1-29-10-7-23-18-14-21(22,25-20-16(18)5-6-24-20)17-4-3-15(13-19(17)30-2)32(27,28)26-8-11-31-12-9-26/h3-5,13-14,23H,6-12,22H2,1-2H3,(H,24,25). The Balaban J connectivity index is 1.70. The summed E-state index contributed by atoms with van der Waals surface area (Å²) in [5.74, 6) is 1.05. The zero-order valence-corrected chi connectivity index (χ0v) is 19.1. The van der Waals surface area contributed by atoms with E-state index in [9.17, 15) is 8.42 Å². The van der Waals surface area contributed by atoms with Crippen molar-refractivity contribution >= 4 is 15.9 Å². The van der Waals surface area contributed by atoms with E-state index in [0.29, 0.717) is 63.1 Å². The summed E-state index contributed by atoms with van der Waals surface area (Å²) in [4.78, 5) is 4.65. The number of ether oxygens (including phenoxy) is 3. The molecule has 1 atom stereocenters. The molecule has 4 rings (SSSR count). The Kier molecular flexibility index (Phi) is 6.54. The third-order valence-corrected chi connectivity index (χ3v) is 7.53. The van der Waals surface area contributed by atoms with Crippen molar-refractivity contribution in [2.75, 3.05) is 60.2 Å². The molecule has 0 saturated carbocycles. The van der Waals surface area contributed by atoms with Crippen LogP contribution in [0.4, 0.5) is 0 Å². The van der Waals surface area contributed by atoms with E-state index in [4.69, 9.17) is 19.9 Å². The van der Waals surface area contributed by atoms with Gasteiger partial charge in [-0.15, -0.1) is 0 Å². The van der Waals surface area contributed by atoms with Crippen LogP contribution in [-0.2, 0) is 25.2 Å². The Bertz CT molecular complexity index is 1060. The number of nitrogens with zero attached hydrogens (tertiary/aromatic N) is 2. The maximum absolute atomic E-state index is 13.1. The van der Waals surface area contributed by atoms with Gasteiger partial charge < -0.3 is 30.6 Å². The number of hydrogen-bond acceptors (Lipinski definition) is 9. The van der Waals surface area contributed by atoms with Gasteiger partial charge in [0.2, 0.25) is 10.0 Å². The summed E-state index contributed by atoms with van der Waals surface area (Å²) in [7, 11) is -0.524. The van der Waals surface area contributed by atoms with Crippen molar-refractivity contribution < 1.29 is 22.6 Å². The smallest absolute Gasteiger partial charge is 0.243 e. The first kappa shape index (κ1) is 22.7. The molecule has 1 unspecified atom stereocenters. The second-order valence-corrected chi connectivity index (χ2v) is 9.60. The Morgan fingerprint density at radius 2 is 2.09 bits per heavy atom. The van der Waals surface area contributed by atoms with Gasteiger partial charge in [0.1, 0.15) is 17.2 Å². The normalized spacial score (nSPS) is 23.5. The zero-order valence-electron chi connectivity index (χ0n) is 18.3. The van der Waals surface area contributed by atoms with Gasteiger partial charge >= 0.3 is 0 Å². The van der Waals surface area contributed by atoms with Crippen LogP contribution in [0, 0.1) is 0 Å². The lowest BCUT2D eigenvalue weighted by Crippen LogP contribution is -2.55. The number of amidine groups is 1. The zero-order chi connectivity index (χ0) is 22.8. The third kappa shape index (κ3) is 4.26. The molecule has 11 heteroatoms. The molecule has 4 N–H and O–H groups in total. The minimum absolute atomic E-state index is 0.153. The van der Waals surface area contributed by atoms with Gasteiger partial charge in [0.15, 0.2) is 0 Å². The SMILES string of the molecule is COCCNC1=CC(N)(c2ccc(S(=O)(=O)N3CCOCC3)cc2OC)NC2=NCC=C12. The fourth-order valence-corrected chi connectivity index (χ4v) is 5.40. The quantitative estimate of drug-likeness (QED) is 0.456. The summed E-state index contributed by atoms with van der Waals surface area (Å²) >= 11 is 0. The molecular weight excluding hydrogens is 434 g/mol. The first-order valence-corrected chi connectivity index (χ1v) is 11.9. The number of fused-ring (bicyclic) bond motifs is 1. The molecule has 10 nitrogen and oxygen atoms in total. The monoisotopic (exact) mass is 463 g/mol. The number of nitrogens with one attached hydrogen (secondary N) is 2. The maximum atomic E-state index is 13.1. The molecule has 0 radical (unpaired) electrons. The highest BCUT2D eigenvalue weighted by Crippen LogP contribution is 2.35. The molecule has 0 spiro atoms. The summed E-state index contributed by atoms with van der Waals surface area (Å²) in [6.07, 6.45) is 3.88. The molecule has 32 heavy (non-hydrogen) atoms. The molecule has 1 aromatic carbocycles. The van der Waals surface area contributed by atoms with E-state index in [1.54, 1.807) is 19.2 Å². The van der Waals surface area contributed by atoms with Crippen LogP contribution in [0.3, 0.4) is 0 Å². The number of rotatable bonds is 8. The lowest BCUT2D eigenvalue weighted by molar-refractivity contribution is 0.0730. The molecule has 1 aromatic rings. The molecule has 174 valence electrons. The minimum atomic E-state index is -3.66. The molecular formula is C21H29N5O5S. The first-order valence-electron chi connectivity index (χ1n) is 10.4. The van der Waals surface area contributed by atoms with Crippen molar-refractivity contribution in [2.24, 2.45) is 10.7 Å². The third-order valence-electron chi connectivity index (χ3n) is 5.64. The van der Waals surface area contributed by atoms with Gasteiger partial charge in [-0.05, 0) is 18.2 Å². The molecule has 0 aromatic heterocycles. The van der Waals surface area contributed by atoms with Gasteiger partial charge in [-0.2, -0.15) is 4.31 Å². The first-order chi connectivity index (χ1) is 15.4. The van der Waals surface area contributed by atoms with Crippen LogP contribution in [0.1, 0.15) is 5.56 Å². The molecule has 1 fully saturated rings. The van der Waals surface area contributed by atoms with Gasteiger partial charge in [-0.3, -0.25) is 4.99 Å². The molecule has 1 saturated heterocycles. The van der Waals surface area contributed by atoms with Gasteiger partial charge in [-0.1, -0.05) is 6.08 Å². The Hall–Kier alpha value is -2.44. The number of aliphatic imine (C=N–C) groups is 1. The highest BCUT2D eigenvalue weighted by Gasteiger charge is 2.38. The average molecular weight is 464 g/mol. The van der Waals surface area contributed by atoms with Crippen LogP contribution in [0.15, 0.2) is 51.5 Å². The van der Waals surface area contributed by atoms with Crippen LogP contribution in [0.2, 0.25) is 0 Å². The minimum Gasteiger partial charge on any atom is -0.496 e. The van der Waals surface area contributed by atoms with Crippen LogP contribution in [0.5, 0.6) is 5.75 Å². The van der Waals surface area contributed by atoms with Gasteiger partial charge in [0, 0.05) is 49.6 Å². The molecule has 3 aliphatic heterocycles. The topological polar surface area (TPSA) is 128 Å². The van der Waals surface area contributed by atoms with E-state index >= 15 is 0 Å². The largest absolute Gasteiger partial charge is 0.496 e. The predicted molar refractivity (Wildman–Crippen MR) is 120 cm³/mol. The number of methoxy groups -OCH3 is 2. The van der Waals surface area contributed by atoms with E-state index in [-0.39, 0.29) is 4.90 Å². The van der Waals surface area contributed by atoms with Crippen LogP contribution < -0.4 is 21.1 Å². The number of nitrogens with two attached hydrogens (primary N) is 1. The fraction of sp³-hybridized carbons (Fsp3) is 0.476. The summed E-state index contributed by atoms with van der Waals surface area (Å²) in [6, 6.07) is 4.77. The van der Waals surface area contributed by atoms with Crippen molar-refractivity contribution in [3.05, 3.63) is 47.2 Å². The number of morpholine rings is 1. The van der Waals surface area contributed by atoms with E-state index < -0.39 is 15.7 Å². The van der Waals surface area contributed by atoms with Crippen molar-refractivity contribution in [2.45, 2.75) is 10.6 Å². The summed E-state index contributed by atoms with van der Waals surface area (Å²) < 4.78 is 43.6. The highest BCUT2D eigenvalue weighted by atomic mass is 32.2. The Labute approximate surface area is 188 Å². The molecule has 0 aliphatic carbocycles. The van der Waals surface area contributed by atoms with Crippen LogP contribution in [0.25, 0.3) is 0 Å². The van der Waals surface area contributed by atoms with Gasteiger partial charge in [-0.25, -0.2) is 8.42 Å². The van der Waals surface area contributed by atoms with Gasteiger partial charge in [0.25, 0.3) is 0 Å². The lowest BCUT2D eigenvalue weighted by Gasteiger charge is -2.36. The van der Waals surface area contributed by atoms with E-state index in [2.05, 4.69) is 15.6 Å². The van der Waals surface area contributed by atoms with Crippen molar-refractivity contribution in [3.63, 3.8) is 0 Å². The van der Waals surface area contributed by atoms with E-state index in [1.165, 1.54) is 17.5 Å². The number of hydrogen-bond donors (Lipinski definition) is 3. The number of benzene rings is 1. The lowest BCUT2D eigenvalue weighted by atomic mass is 9.92. The summed E-state index contributed by atoms with van der Waals surface area (Å²) in [5.41, 5.74) is 8.02. The van der Waals surface area contributed by atoms with E-state index in [0.717, 1.165) is 11.3 Å². The van der Waals surface area contributed by atoms with Crippen LogP contribution in [-0.4, -0.2) is 78.8 Å². The van der Waals surface area contributed by atoms with Crippen molar-refractivity contribution in [1.29, 1.82) is 0 Å². The maximum Gasteiger partial charge on any atom is 0.243 e. The molecule has 0 bridgehead atoms. The summed E-state index contributed by atoms with van der Waals surface area (Å²) in [6.45, 7) is 3.12. The van der Waals surface area contributed by atoms with Gasteiger partial charge in [0.05, 0.1) is 38.4 Å².